The number of benzene rings is 1. The summed E-state index contributed by atoms with van der Waals surface area (Å²) in [6, 6.07) is 6.63. The van der Waals surface area contributed by atoms with E-state index in [1.165, 1.54) is 0 Å². The molecule has 1 atom stereocenters. The topological polar surface area (TPSA) is 52.6 Å². The van der Waals surface area contributed by atoms with Gasteiger partial charge >= 0.3 is 0 Å². The predicted octanol–water partition coefficient (Wildman–Crippen LogP) is 1.88. The highest BCUT2D eigenvalue weighted by atomic mass is 32.2. The molecular weight excluding hydrogens is 240 g/mol. The smallest absolute Gasteiger partial charge is 0.297 e. The van der Waals surface area contributed by atoms with E-state index in [2.05, 4.69) is 0 Å². The molecule has 0 aliphatic carbocycles. The Labute approximate surface area is 102 Å². The molecule has 0 bridgehead atoms. The fourth-order valence-corrected chi connectivity index (χ4v) is 2.96. The molecule has 5 heteroatoms. The molecular formula is C12H16O4S. The van der Waals surface area contributed by atoms with Crippen LogP contribution in [0.4, 0.5) is 0 Å². The molecule has 2 rings (SSSR count). The van der Waals surface area contributed by atoms with Crippen LogP contribution in [0.25, 0.3) is 0 Å². The largest absolute Gasteiger partial charge is 0.378 e. The van der Waals surface area contributed by atoms with Gasteiger partial charge in [0, 0.05) is 13.0 Å². The summed E-state index contributed by atoms with van der Waals surface area (Å²) in [5.41, 5.74) is 0.281. The van der Waals surface area contributed by atoms with E-state index in [4.69, 9.17) is 8.92 Å². The molecule has 0 N–H and O–H groups in total. The van der Waals surface area contributed by atoms with Crippen LogP contribution >= 0.6 is 0 Å². The fraction of sp³-hybridized carbons (Fsp3) is 0.500. The molecule has 1 aromatic carbocycles. The van der Waals surface area contributed by atoms with Crippen LogP contribution in [-0.4, -0.2) is 27.2 Å². The lowest BCUT2D eigenvalue weighted by Gasteiger charge is -2.21. The summed E-state index contributed by atoms with van der Waals surface area (Å²) in [7, 11) is -3.70. The Kier molecular flexibility index (Phi) is 3.25. The number of rotatable bonds is 3. The van der Waals surface area contributed by atoms with Crippen molar-refractivity contribution in [3.63, 3.8) is 0 Å². The van der Waals surface area contributed by atoms with Crippen LogP contribution in [-0.2, 0) is 19.0 Å². The first kappa shape index (κ1) is 12.5. The van der Waals surface area contributed by atoms with Crippen molar-refractivity contribution in [2.75, 3.05) is 13.2 Å². The summed E-state index contributed by atoms with van der Waals surface area (Å²) in [4.78, 5) is 0.191. The zero-order valence-electron chi connectivity index (χ0n) is 9.97. The summed E-state index contributed by atoms with van der Waals surface area (Å²) < 4.78 is 34.5. The first-order valence-electron chi connectivity index (χ1n) is 5.51. The highest BCUT2D eigenvalue weighted by molar-refractivity contribution is 7.86. The Balaban J connectivity index is 2.22. The van der Waals surface area contributed by atoms with Crippen molar-refractivity contribution in [3.05, 3.63) is 29.8 Å². The standard InChI is InChI=1S/C12H16O4S/c1-10-3-5-11(6-4-10)17(13,14)16-12(2)7-8-15-9-12/h3-6H,7-9H2,1-2H3. The lowest BCUT2D eigenvalue weighted by Crippen LogP contribution is -2.32. The van der Waals surface area contributed by atoms with Gasteiger partial charge in [-0.25, -0.2) is 0 Å². The van der Waals surface area contributed by atoms with Crippen molar-refractivity contribution in [2.24, 2.45) is 0 Å². The van der Waals surface area contributed by atoms with Gasteiger partial charge in [0.05, 0.1) is 11.5 Å². The van der Waals surface area contributed by atoms with Gasteiger partial charge < -0.3 is 4.74 Å². The molecule has 1 fully saturated rings. The minimum absolute atomic E-state index is 0.191. The van der Waals surface area contributed by atoms with Gasteiger partial charge in [0.15, 0.2) is 0 Å². The van der Waals surface area contributed by atoms with Crippen molar-refractivity contribution in [2.45, 2.75) is 30.8 Å². The lowest BCUT2D eigenvalue weighted by atomic mass is 10.1. The van der Waals surface area contributed by atoms with Gasteiger partial charge in [0.1, 0.15) is 5.60 Å². The summed E-state index contributed by atoms with van der Waals surface area (Å²) in [5, 5.41) is 0. The SMILES string of the molecule is Cc1ccc(S(=O)(=O)OC2(C)CCOC2)cc1. The van der Waals surface area contributed by atoms with Gasteiger partial charge in [-0.05, 0) is 26.0 Å². The molecule has 17 heavy (non-hydrogen) atoms. The second kappa shape index (κ2) is 4.40. The fourth-order valence-electron chi connectivity index (χ4n) is 1.73. The van der Waals surface area contributed by atoms with Crippen molar-refractivity contribution < 1.29 is 17.3 Å². The molecule has 1 aliphatic rings. The van der Waals surface area contributed by atoms with E-state index in [-0.39, 0.29) is 4.90 Å². The highest BCUT2D eigenvalue weighted by Crippen LogP contribution is 2.27. The molecule has 0 saturated carbocycles. The third kappa shape index (κ3) is 2.86. The normalized spacial score (nSPS) is 25.1. The molecule has 0 amide bonds. The first-order valence-corrected chi connectivity index (χ1v) is 6.92. The predicted molar refractivity (Wildman–Crippen MR) is 63.3 cm³/mol. The van der Waals surface area contributed by atoms with Crippen LogP contribution in [0.15, 0.2) is 29.2 Å². The zero-order valence-corrected chi connectivity index (χ0v) is 10.8. The molecule has 0 aromatic heterocycles. The van der Waals surface area contributed by atoms with Crippen molar-refractivity contribution in [1.29, 1.82) is 0 Å². The van der Waals surface area contributed by atoms with Gasteiger partial charge in [-0.2, -0.15) is 8.42 Å². The molecule has 1 aromatic rings. The number of hydrogen-bond acceptors (Lipinski definition) is 4. The zero-order chi connectivity index (χ0) is 12.5. The third-order valence-electron chi connectivity index (χ3n) is 2.80. The maximum absolute atomic E-state index is 12.0. The molecule has 0 radical (unpaired) electrons. The van der Waals surface area contributed by atoms with Gasteiger partial charge in [0.2, 0.25) is 0 Å². The number of aryl methyl sites for hydroxylation is 1. The first-order chi connectivity index (χ1) is 7.91. The van der Waals surface area contributed by atoms with Gasteiger partial charge in [-0.1, -0.05) is 17.7 Å². The minimum atomic E-state index is -3.70. The van der Waals surface area contributed by atoms with Gasteiger partial charge in [-0.3, -0.25) is 4.18 Å². The molecule has 1 heterocycles. The average Bonchev–Trinajstić information content (AvgIpc) is 2.64. The second-order valence-corrected chi connectivity index (χ2v) is 6.15. The van der Waals surface area contributed by atoms with Gasteiger partial charge in [0.25, 0.3) is 10.1 Å². The van der Waals surface area contributed by atoms with E-state index < -0.39 is 15.7 Å². The Hall–Kier alpha value is -0.910. The Bertz CT molecular complexity index is 484. The number of hydrogen-bond donors (Lipinski definition) is 0. The Morgan fingerprint density at radius 1 is 1.29 bits per heavy atom. The molecule has 4 nitrogen and oxygen atoms in total. The van der Waals surface area contributed by atoms with Crippen LogP contribution in [0, 0.1) is 6.92 Å². The lowest BCUT2D eigenvalue weighted by molar-refractivity contribution is 0.0724. The molecule has 0 spiro atoms. The Morgan fingerprint density at radius 3 is 2.47 bits per heavy atom. The minimum Gasteiger partial charge on any atom is -0.378 e. The molecule has 94 valence electrons. The quantitative estimate of drug-likeness (QED) is 0.775. The van der Waals surface area contributed by atoms with Gasteiger partial charge in [-0.15, -0.1) is 0 Å². The van der Waals surface area contributed by atoms with E-state index in [1.807, 2.05) is 6.92 Å². The van der Waals surface area contributed by atoms with Crippen molar-refractivity contribution in [1.82, 2.24) is 0 Å². The summed E-state index contributed by atoms with van der Waals surface area (Å²) in [5.74, 6) is 0. The van der Waals surface area contributed by atoms with Crippen LogP contribution in [0.3, 0.4) is 0 Å². The average molecular weight is 256 g/mol. The summed E-state index contributed by atoms with van der Waals surface area (Å²) >= 11 is 0. The van der Waals surface area contributed by atoms with E-state index in [0.717, 1.165) is 5.56 Å². The summed E-state index contributed by atoms with van der Waals surface area (Å²) in [6.45, 7) is 4.52. The van der Waals surface area contributed by atoms with Crippen LogP contribution in [0.5, 0.6) is 0 Å². The monoisotopic (exact) mass is 256 g/mol. The van der Waals surface area contributed by atoms with E-state index in [1.54, 1.807) is 31.2 Å². The molecule has 1 saturated heterocycles. The van der Waals surface area contributed by atoms with E-state index >= 15 is 0 Å². The van der Waals surface area contributed by atoms with Crippen molar-refractivity contribution in [3.8, 4) is 0 Å². The molecule has 1 aliphatic heterocycles. The maximum Gasteiger partial charge on any atom is 0.297 e. The third-order valence-corrected chi connectivity index (χ3v) is 4.27. The van der Waals surface area contributed by atoms with Crippen LogP contribution in [0.1, 0.15) is 18.9 Å². The second-order valence-electron chi connectivity index (χ2n) is 4.60. The highest BCUT2D eigenvalue weighted by Gasteiger charge is 2.36. The van der Waals surface area contributed by atoms with E-state index in [0.29, 0.717) is 19.6 Å². The number of ether oxygens (including phenoxy) is 1. The van der Waals surface area contributed by atoms with Crippen LogP contribution in [0.2, 0.25) is 0 Å². The van der Waals surface area contributed by atoms with E-state index in [9.17, 15) is 8.42 Å². The van der Waals surface area contributed by atoms with Crippen LogP contribution < -0.4 is 0 Å². The van der Waals surface area contributed by atoms with Crippen molar-refractivity contribution >= 4 is 10.1 Å². The molecule has 1 unspecified atom stereocenters. The Morgan fingerprint density at radius 2 is 1.94 bits per heavy atom. The summed E-state index contributed by atoms with van der Waals surface area (Å²) in [6.07, 6.45) is 0.595. The maximum atomic E-state index is 12.0.